The first-order valence-electron chi connectivity index (χ1n) is 12.1. The minimum atomic E-state index is -4.69. The molecule has 3 aromatic rings. The summed E-state index contributed by atoms with van der Waals surface area (Å²) in [4.78, 5) is 0. The van der Waals surface area contributed by atoms with Gasteiger partial charge in [0.05, 0.1) is 17.5 Å². The van der Waals surface area contributed by atoms with Crippen molar-refractivity contribution in [1.29, 1.82) is 0 Å². The van der Waals surface area contributed by atoms with Crippen molar-refractivity contribution in [2.24, 2.45) is 0 Å². The molecule has 0 aliphatic heterocycles. The average molecular weight is 585 g/mol. The molecular formula is C27H32ClF3N2O3SSi. The molecule has 5 nitrogen and oxygen atoms in total. The van der Waals surface area contributed by atoms with Crippen molar-refractivity contribution in [3.8, 4) is 11.8 Å². The molecule has 0 saturated carbocycles. The normalized spacial score (nSPS) is 14.1. The first kappa shape index (κ1) is 30.1. The van der Waals surface area contributed by atoms with Crippen molar-refractivity contribution in [1.82, 2.24) is 4.57 Å². The lowest BCUT2D eigenvalue weighted by atomic mass is 9.87. The van der Waals surface area contributed by atoms with Crippen LogP contribution in [0.1, 0.15) is 18.9 Å². The lowest BCUT2D eigenvalue weighted by molar-refractivity contribution is -0.0699. The van der Waals surface area contributed by atoms with E-state index in [2.05, 4.69) is 25.6 Å². The predicted molar refractivity (Wildman–Crippen MR) is 151 cm³/mol. The summed E-state index contributed by atoms with van der Waals surface area (Å²) in [6, 6.07) is 14.2. The average Bonchev–Trinajstić information content (AvgIpc) is 3.24. The van der Waals surface area contributed by atoms with Crippen LogP contribution in [0.5, 0.6) is 0 Å². The van der Waals surface area contributed by atoms with Crippen LogP contribution in [0.15, 0.2) is 54.7 Å². The Morgan fingerprint density at radius 2 is 1.71 bits per heavy atom. The highest BCUT2D eigenvalue weighted by atomic mass is 35.5. The van der Waals surface area contributed by atoms with Crippen molar-refractivity contribution >= 4 is 46.3 Å². The van der Waals surface area contributed by atoms with Crippen LogP contribution in [0.3, 0.4) is 0 Å². The molecule has 0 fully saturated rings. The quantitative estimate of drug-likeness (QED) is 0.111. The van der Waals surface area contributed by atoms with E-state index in [-0.39, 0.29) is 13.2 Å². The molecule has 1 aromatic heterocycles. The van der Waals surface area contributed by atoms with Gasteiger partial charge in [0.2, 0.25) is 10.0 Å². The number of aromatic nitrogens is 1. The Labute approximate surface area is 228 Å². The van der Waals surface area contributed by atoms with E-state index < -0.39 is 29.8 Å². The molecule has 0 N–H and O–H groups in total. The largest absolute Gasteiger partial charge is 0.457 e. The van der Waals surface area contributed by atoms with Crippen molar-refractivity contribution in [2.45, 2.75) is 50.7 Å². The molecule has 0 amide bonds. The third kappa shape index (κ3) is 7.14. The number of benzene rings is 2. The lowest BCUT2D eigenvalue weighted by Gasteiger charge is -2.31. The maximum atomic E-state index is 13.3. The van der Waals surface area contributed by atoms with Gasteiger partial charge in [-0.15, -0.1) is 0 Å². The maximum absolute atomic E-state index is 13.3. The molecule has 1 heterocycles. The monoisotopic (exact) mass is 584 g/mol. The highest BCUT2D eigenvalue weighted by Crippen LogP contribution is 2.38. The van der Waals surface area contributed by atoms with Gasteiger partial charge in [0.15, 0.2) is 0 Å². The Morgan fingerprint density at radius 3 is 2.26 bits per heavy atom. The van der Waals surface area contributed by atoms with Gasteiger partial charge < -0.3 is 9.30 Å². The molecule has 1 atom stereocenters. The number of fused-ring (bicyclic) bond motifs is 1. The molecule has 38 heavy (non-hydrogen) atoms. The second kappa shape index (κ2) is 11.3. The van der Waals surface area contributed by atoms with E-state index in [9.17, 15) is 21.6 Å². The first-order chi connectivity index (χ1) is 17.6. The topological polar surface area (TPSA) is 51.5 Å². The van der Waals surface area contributed by atoms with Gasteiger partial charge in [-0.2, -0.15) is 13.2 Å². The molecule has 0 spiro atoms. The van der Waals surface area contributed by atoms with E-state index >= 15 is 0 Å². The zero-order valence-corrected chi connectivity index (χ0v) is 24.6. The first-order valence-corrected chi connectivity index (χ1v) is 18.0. The van der Waals surface area contributed by atoms with Crippen LogP contribution in [-0.4, -0.2) is 46.8 Å². The van der Waals surface area contributed by atoms with Gasteiger partial charge in [-0.3, -0.25) is 0 Å². The van der Waals surface area contributed by atoms with Gasteiger partial charge in [-0.1, -0.05) is 62.3 Å². The van der Waals surface area contributed by atoms with E-state index in [1.165, 1.54) is 10.2 Å². The number of nitrogens with zero attached hydrogens (tertiary/aromatic N) is 2. The second-order valence-corrected chi connectivity index (χ2v) is 18.3. The molecule has 0 aliphatic rings. The third-order valence-corrected chi connectivity index (χ3v) is 9.30. The Hall–Kier alpha value is -2.45. The third-order valence-electron chi connectivity index (χ3n) is 6.24. The highest BCUT2D eigenvalue weighted by Gasteiger charge is 2.34. The fraction of sp³-hybridized carbons (Fsp3) is 0.407. The number of hydrogen-bond donors (Lipinski definition) is 0. The van der Waals surface area contributed by atoms with Gasteiger partial charge in [-0.05, 0) is 48.4 Å². The summed E-state index contributed by atoms with van der Waals surface area (Å²) in [5, 5.41) is 0.993. The molecule has 1 unspecified atom stereocenters. The summed E-state index contributed by atoms with van der Waals surface area (Å²) in [6.45, 7) is 8.63. The molecule has 3 rings (SSSR count). The van der Waals surface area contributed by atoms with Crippen molar-refractivity contribution in [3.05, 3.63) is 65.3 Å². The summed E-state index contributed by atoms with van der Waals surface area (Å²) in [5.74, 6) is 3.94. The van der Waals surface area contributed by atoms with E-state index in [0.29, 0.717) is 33.8 Å². The minimum absolute atomic E-state index is 0.169. The van der Waals surface area contributed by atoms with Crippen LogP contribution >= 0.6 is 11.6 Å². The van der Waals surface area contributed by atoms with E-state index in [0.717, 1.165) is 12.3 Å². The predicted octanol–water partition coefficient (Wildman–Crippen LogP) is 7.09. The van der Waals surface area contributed by atoms with E-state index in [1.54, 1.807) is 66.2 Å². The summed E-state index contributed by atoms with van der Waals surface area (Å²) >= 11 is 6.05. The molecular weight excluding hydrogens is 553 g/mol. The Kier molecular flexibility index (Phi) is 8.98. The zero-order chi connectivity index (χ0) is 28.4. The van der Waals surface area contributed by atoms with Crippen LogP contribution in [-0.2, 0) is 20.3 Å². The highest BCUT2D eigenvalue weighted by molar-refractivity contribution is 7.92. The standard InChI is InChI=1S/C27H32ClF3N2O3SSi/c1-6-26(15-16-27(29,30)31,21-10-12-22(28)13-11-21)32-17-14-23-24(32)8-7-9-25(23)33(37(2,34)35)20-36-18-19-38(3,4)5/h7-14,17H,6,18-20H2,1-5H3. The molecule has 0 bridgehead atoms. The van der Waals surface area contributed by atoms with Crippen molar-refractivity contribution in [3.63, 3.8) is 0 Å². The Bertz CT molecular complexity index is 1440. The van der Waals surface area contributed by atoms with Gasteiger partial charge in [0, 0.05) is 37.2 Å². The zero-order valence-electron chi connectivity index (χ0n) is 22.1. The molecule has 206 valence electrons. The van der Waals surface area contributed by atoms with Gasteiger partial charge >= 0.3 is 6.18 Å². The van der Waals surface area contributed by atoms with Gasteiger partial charge in [-0.25, -0.2) is 12.7 Å². The van der Waals surface area contributed by atoms with Crippen molar-refractivity contribution < 1.29 is 26.3 Å². The number of halogens is 4. The van der Waals surface area contributed by atoms with Crippen LogP contribution < -0.4 is 4.31 Å². The summed E-state index contributed by atoms with van der Waals surface area (Å²) in [7, 11) is -5.10. The number of anilines is 1. The van der Waals surface area contributed by atoms with E-state index in [4.69, 9.17) is 16.3 Å². The Morgan fingerprint density at radius 1 is 1.05 bits per heavy atom. The molecule has 0 radical (unpaired) electrons. The summed E-state index contributed by atoms with van der Waals surface area (Å²) in [6.07, 6.45) is -1.74. The SMILES string of the molecule is CCC(C#CC(F)(F)F)(c1ccc(Cl)cc1)n1ccc2c(N(COCC[Si](C)(C)C)S(C)(=O)=O)cccc21. The number of sulfonamides is 1. The number of alkyl halides is 3. The lowest BCUT2D eigenvalue weighted by Crippen LogP contribution is -2.34. The number of hydrogen-bond acceptors (Lipinski definition) is 3. The molecule has 0 aliphatic carbocycles. The van der Waals surface area contributed by atoms with Crippen LogP contribution in [0.4, 0.5) is 18.9 Å². The molecule has 2 aromatic carbocycles. The van der Waals surface area contributed by atoms with Crippen molar-refractivity contribution in [2.75, 3.05) is 23.9 Å². The second-order valence-electron chi connectivity index (χ2n) is 10.3. The van der Waals surface area contributed by atoms with Crippen LogP contribution in [0.25, 0.3) is 10.9 Å². The van der Waals surface area contributed by atoms with E-state index in [1.807, 2.05) is 0 Å². The van der Waals surface area contributed by atoms with Gasteiger partial charge in [0.1, 0.15) is 12.3 Å². The number of rotatable bonds is 10. The summed E-state index contributed by atoms with van der Waals surface area (Å²) < 4.78 is 74.1. The summed E-state index contributed by atoms with van der Waals surface area (Å²) in [5.41, 5.74) is 0.0522. The smallest absolute Gasteiger partial charge is 0.360 e. The molecule has 0 saturated heterocycles. The van der Waals surface area contributed by atoms with Crippen LogP contribution in [0, 0.1) is 11.8 Å². The fourth-order valence-corrected chi connectivity index (χ4v) is 5.87. The Balaban J connectivity index is 2.17. The maximum Gasteiger partial charge on any atom is 0.457 e. The van der Waals surface area contributed by atoms with Gasteiger partial charge in [0.25, 0.3) is 0 Å². The fourth-order valence-electron chi connectivity index (χ4n) is 4.21. The van der Waals surface area contributed by atoms with Crippen LogP contribution in [0.2, 0.25) is 30.7 Å². The molecule has 11 heteroatoms. The minimum Gasteiger partial charge on any atom is -0.360 e. The number of ether oxygens (including phenoxy) is 1.